The molecule has 1 N–H and O–H groups in total. The zero-order chi connectivity index (χ0) is 16.7. The van der Waals surface area contributed by atoms with E-state index in [1.165, 1.54) is 11.0 Å². The predicted molar refractivity (Wildman–Crippen MR) is 80.4 cm³/mol. The van der Waals surface area contributed by atoms with Crippen molar-refractivity contribution >= 4 is 17.5 Å². The van der Waals surface area contributed by atoms with E-state index in [-0.39, 0.29) is 19.0 Å². The maximum absolute atomic E-state index is 13.4. The van der Waals surface area contributed by atoms with E-state index in [4.69, 9.17) is 0 Å². The summed E-state index contributed by atoms with van der Waals surface area (Å²) >= 11 is 0. The van der Waals surface area contributed by atoms with Crippen LogP contribution in [-0.4, -0.2) is 54.8 Å². The van der Waals surface area contributed by atoms with E-state index in [0.717, 1.165) is 12.1 Å². The van der Waals surface area contributed by atoms with Gasteiger partial charge in [0.15, 0.2) is 0 Å². The number of carbonyl (C=O) groups excluding carboxylic acids is 2. The van der Waals surface area contributed by atoms with Gasteiger partial charge in [0.25, 0.3) is 0 Å². The molecule has 0 atom stereocenters. The highest BCUT2D eigenvalue weighted by molar-refractivity contribution is 5.92. The van der Waals surface area contributed by atoms with Gasteiger partial charge in [0.1, 0.15) is 17.3 Å². The highest BCUT2D eigenvalue weighted by atomic mass is 19.1. The Bertz CT molecular complexity index is 513. The monoisotopic (exact) mass is 313 g/mol. The minimum Gasteiger partial charge on any atom is -0.342 e. The third kappa shape index (κ3) is 5.07. The molecule has 0 unspecified atom stereocenters. The topological polar surface area (TPSA) is 52.7 Å². The molecule has 0 fully saturated rings. The van der Waals surface area contributed by atoms with Crippen molar-refractivity contribution in [3.05, 3.63) is 29.8 Å². The van der Waals surface area contributed by atoms with Crippen LogP contribution in [0.4, 0.5) is 14.5 Å². The van der Waals surface area contributed by atoms with Crippen LogP contribution in [-0.2, 0) is 9.59 Å². The highest BCUT2D eigenvalue weighted by Crippen LogP contribution is 2.17. The Morgan fingerprint density at radius 1 is 1.09 bits per heavy atom. The van der Waals surface area contributed by atoms with Gasteiger partial charge in [0.2, 0.25) is 11.8 Å². The highest BCUT2D eigenvalue weighted by Gasteiger charge is 2.16. The maximum Gasteiger partial charge on any atom is 0.238 e. The first-order valence-corrected chi connectivity index (χ1v) is 7.09. The van der Waals surface area contributed by atoms with Crippen LogP contribution in [0.3, 0.4) is 0 Å². The molecule has 0 aromatic heterocycles. The van der Waals surface area contributed by atoms with Crippen molar-refractivity contribution in [3.8, 4) is 0 Å². The lowest BCUT2D eigenvalue weighted by Gasteiger charge is -2.22. The van der Waals surface area contributed by atoms with Gasteiger partial charge < -0.3 is 10.2 Å². The van der Waals surface area contributed by atoms with Gasteiger partial charge in [-0.3, -0.25) is 14.5 Å². The summed E-state index contributed by atoms with van der Waals surface area (Å²) in [5, 5.41) is 2.18. The van der Waals surface area contributed by atoms with Crippen molar-refractivity contribution < 1.29 is 18.4 Å². The first-order valence-electron chi connectivity index (χ1n) is 7.09. The van der Waals surface area contributed by atoms with E-state index >= 15 is 0 Å². The van der Waals surface area contributed by atoms with E-state index in [1.54, 1.807) is 11.9 Å². The van der Waals surface area contributed by atoms with Gasteiger partial charge in [0, 0.05) is 13.1 Å². The average Bonchev–Trinajstić information content (AvgIpc) is 2.44. The lowest BCUT2D eigenvalue weighted by atomic mass is 10.3. The van der Waals surface area contributed by atoms with Crippen molar-refractivity contribution in [2.45, 2.75) is 13.8 Å². The minimum atomic E-state index is -0.838. The van der Waals surface area contributed by atoms with Gasteiger partial charge in [-0.05, 0) is 33.0 Å². The second kappa shape index (κ2) is 8.43. The number of carbonyl (C=O) groups is 2. The van der Waals surface area contributed by atoms with Crippen LogP contribution in [0.1, 0.15) is 13.8 Å². The van der Waals surface area contributed by atoms with E-state index in [9.17, 15) is 18.4 Å². The fourth-order valence-corrected chi connectivity index (χ4v) is 2.00. The zero-order valence-electron chi connectivity index (χ0n) is 13.0. The number of amides is 2. The molecule has 0 aliphatic rings. The largest absolute Gasteiger partial charge is 0.342 e. The molecule has 0 bridgehead atoms. The molecule has 122 valence electrons. The molecule has 0 aliphatic carbocycles. The Labute approximate surface area is 128 Å². The van der Waals surface area contributed by atoms with Crippen molar-refractivity contribution in [1.82, 2.24) is 9.80 Å². The number of anilines is 1. The Morgan fingerprint density at radius 2 is 1.64 bits per heavy atom. The molecule has 0 heterocycles. The molecule has 1 aromatic rings. The van der Waals surface area contributed by atoms with Gasteiger partial charge in [-0.2, -0.15) is 0 Å². The third-order valence-corrected chi connectivity index (χ3v) is 3.16. The number of hydrogen-bond acceptors (Lipinski definition) is 3. The Morgan fingerprint density at radius 3 is 2.14 bits per heavy atom. The number of benzene rings is 1. The van der Waals surface area contributed by atoms with Gasteiger partial charge in [-0.25, -0.2) is 8.78 Å². The molecular formula is C15H21F2N3O2. The summed E-state index contributed by atoms with van der Waals surface area (Å²) in [6.07, 6.45) is 0. The minimum absolute atomic E-state index is 0.0643. The molecule has 0 aliphatic heterocycles. The fraction of sp³-hybridized carbons (Fsp3) is 0.467. The summed E-state index contributed by atoms with van der Waals surface area (Å²) < 4.78 is 26.9. The molecule has 0 spiro atoms. The van der Waals surface area contributed by atoms with Gasteiger partial charge >= 0.3 is 0 Å². The van der Waals surface area contributed by atoms with Crippen LogP contribution in [0, 0.1) is 11.6 Å². The first-order chi connectivity index (χ1) is 10.4. The molecule has 22 heavy (non-hydrogen) atoms. The first kappa shape index (κ1) is 18.0. The predicted octanol–water partition coefficient (Wildman–Crippen LogP) is 1.70. The van der Waals surface area contributed by atoms with Crippen molar-refractivity contribution in [2.75, 3.05) is 38.5 Å². The summed E-state index contributed by atoms with van der Waals surface area (Å²) in [6, 6.07) is 3.34. The summed E-state index contributed by atoms with van der Waals surface area (Å²) in [5.41, 5.74) is -0.476. The number of hydrogen-bond donors (Lipinski definition) is 1. The SMILES string of the molecule is CCN(CC)C(=O)CN(C)CC(=O)Nc1c(F)cccc1F. The number of nitrogens with one attached hydrogen (secondary N) is 1. The van der Waals surface area contributed by atoms with Crippen LogP contribution >= 0.6 is 0 Å². The molecule has 2 amide bonds. The molecule has 5 nitrogen and oxygen atoms in total. The van der Waals surface area contributed by atoms with Crippen LogP contribution in [0.25, 0.3) is 0 Å². The lowest BCUT2D eigenvalue weighted by molar-refractivity contribution is -0.132. The maximum atomic E-state index is 13.4. The lowest BCUT2D eigenvalue weighted by Crippen LogP contribution is -2.41. The standard InChI is InChI=1S/C15H21F2N3O2/c1-4-20(5-2)14(22)10-19(3)9-13(21)18-15-11(16)7-6-8-12(15)17/h6-8H,4-5,9-10H2,1-3H3,(H,18,21). The normalized spacial score (nSPS) is 10.6. The van der Waals surface area contributed by atoms with Crippen LogP contribution in [0.2, 0.25) is 0 Å². The summed E-state index contributed by atoms with van der Waals surface area (Å²) in [4.78, 5) is 26.8. The summed E-state index contributed by atoms with van der Waals surface area (Å²) in [5.74, 6) is -2.36. The summed E-state index contributed by atoms with van der Waals surface area (Å²) in [7, 11) is 1.60. The second-order valence-corrected chi connectivity index (χ2v) is 4.88. The van der Waals surface area contributed by atoms with Crippen molar-refractivity contribution in [1.29, 1.82) is 0 Å². The zero-order valence-corrected chi connectivity index (χ0v) is 13.0. The van der Waals surface area contributed by atoms with Crippen LogP contribution in [0.5, 0.6) is 0 Å². The van der Waals surface area contributed by atoms with Gasteiger partial charge in [-0.1, -0.05) is 6.07 Å². The van der Waals surface area contributed by atoms with Gasteiger partial charge in [0.05, 0.1) is 13.1 Å². The van der Waals surface area contributed by atoms with Crippen LogP contribution in [0.15, 0.2) is 18.2 Å². The Balaban J connectivity index is 2.56. The molecule has 0 radical (unpaired) electrons. The van der Waals surface area contributed by atoms with E-state index in [1.807, 2.05) is 13.8 Å². The molecule has 7 heteroatoms. The third-order valence-electron chi connectivity index (χ3n) is 3.16. The molecule has 1 aromatic carbocycles. The van der Waals surface area contributed by atoms with E-state index in [2.05, 4.69) is 5.32 Å². The molecule has 0 saturated carbocycles. The Hall–Kier alpha value is -2.02. The Kier molecular flexibility index (Phi) is 6.91. The smallest absolute Gasteiger partial charge is 0.238 e. The molecule has 0 saturated heterocycles. The van der Waals surface area contributed by atoms with E-state index < -0.39 is 23.2 Å². The number of nitrogens with zero attached hydrogens (tertiary/aromatic N) is 2. The van der Waals surface area contributed by atoms with Crippen LogP contribution < -0.4 is 5.32 Å². The van der Waals surface area contributed by atoms with Gasteiger partial charge in [-0.15, -0.1) is 0 Å². The molecule has 1 rings (SSSR count). The second-order valence-electron chi connectivity index (χ2n) is 4.88. The number of halogens is 2. The summed E-state index contributed by atoms with van der Waals surface area (Å²) in [6.45, 7) is 4.85. The van der Waals surface area contributed by atoms with Crippen molar-refractivity contribution in [2.24, 2.45) is 0 Å². The fourth-order valence-electron chi connectivity index (χ4n) is 2.00. The average molecular weight is 313 g/mol. The quantitative estimate of drug-likeness (QED) is 0.834. The number of rotatable bonds is 7. The van der Waals surface area contributed by atoms with Crippen molar-refractivity contribution in [3.63, 3.8) is 0 Å². The molecular weight excluding hydrogens is 292 g/mol. The van der Waals surface area contributed by atoms with E-state index in [0.29, 0.717) is 13.1 Å². The number of para-hydroxylation sites is 1. The number of likely N-dealkylation sites (N-methyl/N-ethyl adjacent to an activating group) is 2.